The number of carbonyl (C=O) groups excluding carboxylic acids is 2. The van der Waals surface area contributed by atoms with Gasteiger partial charge in [-0.15, -0.1) is 0 Å². The van der Waals surface area contributed by atoms with Gasteiger partial charge < -0.3 is 9.80 Å². The Morgan fingerprint density at radius 2 is 1.38 bits per heavy atom. The molecular weight excluding hydrogens is 398 g/mol. The molecule has 2 aliphatic heterocycles. The standard InChI is InChI=1S/C27H49N3O2/c1-21(2)24-8-10-25(11-9-24)27(32)30-19-17-28(18-20-30)14-6-5-7-23-12-15-29(16-13-23)26(31)22(3)4/h21-25H,5-20H2,1-4H3. The van der Waals surface area contributed by atoms with Gasteiger partial charge in [-0.3, -0.25) is 14.5 Å². The van der Waals surface area contributed by atoms with Gasteiger partial charge >= 0.3 is 0 Å². The van der Waals surface area contributed by atoms with Crippen LogP contribution >= 0.6 is 0 Å². The fourth-order valence-corrected chi connectivity index (χ4v) is 6.06. The van der Waals surface area contributed by atoms with Crippen LogP contribution < -0.4 is 0 Å². The predicted octanol–water partition coefficient (Wildman–Crippen LogP) is 4.66. The first kappa shape index (κ1) is 25.5. The van der Waals surface area contributed by atoms with E-state index in [1.165, 1.54) is 51.5 Å². The molecule has 184 valence electrons. The highest BCUT2D eigenvalue weighted by molar-refractivity contribution is 5.79. The maximum Gasteiger partial charge on any atom is 0.225 e. The van der Waals surface area contributed by atoms with Gasteiger partial charge in [0.25, 0.3) is 0 Å². The Hall–Kier alpha value is -1.10. The van der Waals surface area contributed by atoms with Gasteiger partial charge in [-0.05, 0) is 69.2 Å². The van der Waals surface area contributed by atoms with E-state index in [2.05, 4.69) is 28.5 Å². The summed E-state index contributed by atoms with van der Waals surface area (Å²) in [5.74, 6) is 3.56. The number of piperidine rings is 1. The highest BCUT2D eigenvalue weighted by atomic mass is 16.2. The maximum absolute atomic E-state index is 13.0. The average Bonchev–Trinajstić information content (AvgIpc) is 2.81. The van der Waals surface area contributed by atoms with E-state index in [1.54, 1.807) is 0 Å². The van der Waals surface area contributed by atoms with Crippen LogP contribution in [0.25, 0.3) is 0 Å². The first-order valence-corrected chi connectivity index (χ1v) is 13.6. The monoisotopic (exact) mass is 447 g/mol. The smallest absolute Gasteiger partial charge is 0.225 e. The second kappa shape index (κ2) is 12.4. The SMILES string of the molecule is CC(C)C(=O)N1CCC(CCCCN2CCN(C(=O)C3CCC(C(C)C)CC3)CC2)CC1. The number of rotatable bonds is 8. The molecule has 0 unspecified atom stereocenters. The van der Waals surface area contributed by atoms with Crippen LogP contribution in [0.3, 0.4) is 0 Å². The lowest BCUT2D eigenvalue weighted by Gasteiger charge is -2.38. The van der Waals surface area contributed by atoms with Crippen LogP contribution in [0.15, 0.2) is 0 Å². The van der Waals surface area contributed by atoms with E-state index >= 15 is 0 Å². The number of carbonyl (C=O) groups is 2. The Bertz CT molecular complexity index is 582. The quantitative estimate of drug-likeness (QED) is 0.508. The highest BCUT2D eigenvalue weighted by Crippen LogP contribution is 2.34. The normalized spacial score (nSPS) is 26.2. The van der Waals surface area contributed by atoms with Crippen molar-refractivity contribution in [1.29, 1.82) is 0 Å². The maximum atomic E-state index is 13.0. The van der Waals surface area contributed by atoms with Gasteiger partial charge in [-0.1, -0.05) is 40.5 Å². The van der Waals surface area contributed by atoms with E-state index in [4.69, 9.17) is 0 Å². The molecule has 32 heavy (non-hydrogen) atoms. The predicted molar refractivity (Wildman–Crippen MR) is 131 cm³/mol. The summed E-state index contributed by atoms with van der Waals surface area (Å²) in [4.78, 5) is 31.9. The number of unbranched alkanes of at least 4 members (excludes halogenated alkanes) is 1. The van der Waals surface area contributed by atoms with Crippen molar-refractivity contribution < 1.29 is 9.59 Å². The topological polar surface area (TPSA) is 43.9 Å². The molecule has 2 saturated heterocycles. The summed E-state index contributed by atoms with van der Waals surface area (Å²) in [5.41, 5.74) is 0. The van der Waals surface area contributed by atoms with Gasteiger partial charge in [0.1, 0.15) is 0 Å². The zero-order chi connectivity index (χ0) is 23.1. The summed E-state index contributed by atoms with van der Waals surface area (Å²) in [6, 6.07) is 0. The van der Waals surface area contributed by atoms with Crippen LogP contribution in [0.1, 0.15) is 85.5 Å². The third-order valence-electron chi connectivity index (χ3n) is 8.50. The van der Waals surface area contributed by atoms with Crippen LogP contribution in [-0.2, 0) is 9.59 Å². The van der Waals surface area contributed by atoms with Crippen LogP contribution in [0, 0.1) is 29.6 Å². The van der Waals surface area contributed by atoms with Crippen molar-refractivity contribution in [3.05, 3.63) is 0 Å². The van der Waals surface area contributed by atoms with Crippen molar-refractivity contribution in [2.75, 3.05) is 45.8 Å². The van der Waals surface area contributed by atoms with Crippen LogP contribution in [0.4, 0.5) is 0 Å². The molecular formula is C27H49N3O2. The van der Waals surface area contributed by atoms with Gasteiger partial charge in [0.15, 0.2) is 0 Å². The Balaban J connectivity index is 1.25. The molecule has 0 bridgehead atoms. The second-order valence-corrected chi connectivity index (χ2v) is 11.4. The van der Waals surface area contributed by atoms with E-state index in [9.17, 15) is 9.59 Å². The Labute approximate surface area is 197 Å². The summed E-state index contributed by atoms with van der Waals surface area (Å²) in [7, 11) is 0. The van der Waals surface area contributed by atoms with Crippen molar-refractivity contribution in [3.8, 4) is 0 Å². The van der Waals surface area contributed by atoms with Gasteiger partial charge in [0.2, 0.25) is 11.8 Å². The molecule has 2 heterocycles. The molecule has 3 aliphatic rings. The van der Waals surface area contributed by atoms with E-state index in [-0.39, 0.29) is 5.92 Å². The van der Waals surface area contributed by atoms with Crippen LogP contribution in [0.5, 0.6) is 0 Å². The Kier molecular flexibility index (Phi) is 9.88. The molecule has 3 fully saturated rings. The number of amides is 2. The van der Waals surface area contributed by atoms with Crippen molar-refractivity contribution >= 4 is 11.8 Å². The average molecular weight is 448 g/mol. The molecule has 3 rings (SSSR count). The molecule has 1 saturated carbocycles. The largest absolute Gasteiger partial charge is 0.342 e. The molecule has 0 aromatic heterocycles. The molecule has 5 heteroatoms. The number of hydrogen-bond donors (Lipinski definition) is 0. The zero-order valence-electron chi connectivity index (χ0n) is 21.4. The lowest BCUT2D eigenvalue weighted by atomic mass is 9.76. The Morgan fingerprint density at radius 1 is 0.750 bits per heavy atom. The number of nitrogens with zero attached hydrogens (tertiary/aromatic N) is 3. The third kappa shape index (κ3) is 7.20. The summed E-state index contributed by atoms with van der Waals surface area (Å²) in [5, 5.41) is 0. The minimum absolute atomic E-state index is 0.127. The second-order valence-electron chi connectivity index (χ2n) is 11.4. The van der Waals surface area contributed by atoms with Crippen LogP contribution in [0.2, 0.25) is 0 Å². The molecule has 0 aromatic carbocycles. The van der Waals surface area contributed by atoms with E-state index in [0.29, 0.717) is 17.7 Å². The van der Waals surface area contributed by atoms with Gasteiger partial charge in [0, 0.05) is 51.1 Å². The minimum Gasteiger partial charge on any atom is -0.342 e. The van der Waals surface area contributed by atoms with Crippen molar-refractivity contribution in [2.45, 2.75) is 85.5 Å². The summed E-state index contributed by atoms with van der Waals surface area (Å²) in [6.45, 7) is 15.7. The molecule has 0 N–H and O–H groups in total. The first-order valence-electron chi connectivity index (χ1n) is 13.6. The number of piperazine rings is 1. The molecule has 0 aromatic rings. The lowest BCUT2D eigenvalue weighted by molar-refractivity contribution is -0.139. The van der Waals surface area contributed by atoms with Crippen LogP contribution in [-0.4, -0.2) is 72.3 Å². The minimum atomic E-state index is 0.127. The highest BCUT2D eigenvalue weighted by Gasteiger charge is 2.31. The first-order chi connectivity index (χ1) is 15.3. The van der Waals surface area contributed by atoms with Crippen molar-refractivity contribution in [2.24, 2.45) is 29.6 Å². The molecule has 0 radical (unpaired) electrons. The summed E-state index contributed by atoms with van der Waals surface area (Å²) >= 11 is 0. The lowest BCUT2D eigenvalue weighted by Crippen LogP contribution is -2.50. The van der Waals surface area contributed by atoms with E-state index in [1.807, 2.05) is 13.8 Å². The van der Waals surface area contributed by atoms with Gasteiger partial charge in [-0.25, -0.2) is 0 Å². The molecule has 0 atom stereocenters. The summed E-state index contributed by atoms with van der Waals surface area (Å²) < 4.78 is 0. The third-order valence-corrected chi connectivity index (χ3v) is 8.50. The van der Waals surface area contributed by atoms with Gasteiger partial charge in [0.05, 0.1) is 0 Å². The zero-order valence-corrected chi connectivity index (χ0v) is 21.4. The Morgan fingerprint density at radius 3 is 1.94 bits per heavy atom. The van der Waals surface area contributed by atoms with Crippen molar-refractivity contribution in [1.82, 2.24) is 14.7 Å². The molecule has 0 spiro atoms. The fraction of sp³-hybridized carbons (Fsp3) is 0.926. The number of hydrogen-bond acceptors (Lipinski definition) is 3. The summed E-state index contributed by atoms with van der Waals surface area (Å²) in [6.07, 6.45) is 10.9. The molecule has 5 nitrogen and oxygen atoms in total. The van der Waals surface area contributed by atoms with Crippen molar-refractivity contribution in [3.63, 3.8) is 0 Å². The molecule has 1 aliphatic carbocycles. The van der Waals surface area contributed by atoms with E-state index in [0.717, 1.165) is 69.9 Å². The van der Waals surface area contributed by atoms with E-state index < -0.39 is 0 Å². The molecule has 2 amide bonds. The van der Waals surface area contributed by atoms with Gasteiger partial charge in [-0.2, -0.15) is 0 Å². The fourth-order valence-electron chi connectivity index (χ4n) is 6.06. The number of likely N-dealkylation sites (tertiary alicyclic amines) is 1.